The van der Waals surface area contributed by atoms with E-state index in [2.05, 4.69) is 40.7 Å². The molecule has 4 aromatic rings. The molecule has 28 heavy (non-hydrogen) atoms. The van der Waals surface area contributed by atoms with Gasteiger partial charge in [-0.1, -0.05) is 32.0 Å². The summed E-state index contributed by atoms with van der Waals surface area (Å²) in [6, 6.07) is 11.8. The number of hydrogen-bond acceptors (Lipinski definition) is 4. The van der Waals surface area contributed by atoms with E-state index in [1.54, 1.807) is 6.07 Å². The van der Waals surface area contributed by atoms with Gasteiger partial charge in [0.1, 0.15) is 5.52 Å². The zero-order valence-electron chi connectivity index (χ0n) is 16.1. The van der Waals surface area contributed by atoms with Crippen molar-refractivity contribution in [2.75, 3.05) is 11.0 Å². The van der Waals surface area contributed by atoms with Crippen molar-refractivity contribution in [2.45, 2.75) is 32.1 Å². The number of oxazole rings is 1. The Hall–Kier alpha value is -2.80. The number of H-pyrrole nitrogens is 1. The third kappa shape index (κ3) is 2.96. The Morgan fingerprint density at radius 3 is 2.68 bits per heavy atom. The van der Waals surface area contributed by atoms with Crippen LogP contribution in [0, 0.1) is 0 Å². The molecule has 4 rings (SSSR count). The Morgan fingerprint density at radius 2 is 1.96 bits per heavy atom. The molecule has 0 saturated carbocycles. The van der Waals surface area contributed by atoms with Crippen molar-refractivity contribution in [2.24, 2.45) is 0 Å². The molecule has 0 bridgehead atoms. The highest BCUT2D eigenvalue weighted by atomic mass is 32.2. The summed E-state index contributed by atoms with van der Waals surface area (Å²) < 4.78 is 31.6. The van der Waals surface area contributed by atoms with E-state index in [1.165, 1.54) is 6.39 Å². The molecule has 2 N–H and O–H groups in total. The number of hydrogen-bond donors (Lipinski definition) is 2. The fourth-order valence-corrected chi connectivity index (χ4v) is 4.75. The van der Waals surface area contributed by atoms with Gasteiger partial charge in [-0.2, -0.15) is 0 Å². The minimum atomic E-state index is -3.37. The molecule has 0 radical (unpaired) electrons. The number of anilines is 1. The van der Waals surface area contributed by atoms with Crippen LogP contribution in [0.15, 0.2) is 53.4 Å². The topological polar surface area (TPSA) is 88.0 Å². The van der Waals surface area contributed by atoms with Crippen LogP contribution in [-0.4, -0.2) is 24.6 Å². The van der Waals surface area contributed by atoms with Crippen LogP contribution in [0.2, 0.25) is 0 Å². The van der Waals surface area contributed by atoms with Gasteiger partial charge in [-0.05, 0) is 42.2 Å². The minimum Gasteiger partial charge on any atom is -0.443 e. The van der Waals surface area contributed by atoms with Gasteiger partial charge in [0.2, 0.25) is 10.0 Å². The average molecular weight is 398 g/mol. The Bertz CT molecular complexity index is 1250. The molecule has 0 aliphatic heterocycles. The van der Waals surface area contributed by atoms with Gasteiger partial charge in [-0.3, -0.25) is 4.72 Å². The molecular formula is C21H23N3O3S. The number of sulfonamides is 1. The monoisotopic (exact) mass is 397 g/mol. The number of rotatable bonds is 6. The quantitative estimate of drug-likeness (QED) is 0.490. The van der Waals surface area contributed by atoms with Gasteiger partial charge < -0.3 is 9.40 Å². The first-order valence-corrected chi connectivity index (χ1v) is 11.2. The third-order valence-corrected chi connectivity index (χ3v) is 6.21. The van der Waals surface area contributed by atoms with Crippen molar-refractivity contribution in [3.05, 3.63) is 60.1 Å². The predicted octanol–water partition coefficient (Wildman–Crippen LogP) is 4.79. The molecule has 0 unspecified atom stereocenters. The van der Waals surface area contributed by atoms with Crippen molar-refractivity contribution >= 4 is 37.7 Å². The number of nitrogens with one attached hydrogen (secondary N) is 2. The van der Waals surface area contributed by atoms with Crippen LogP contribution >= 0.6 is 0 Å². The Labute approximate surface area is 164 Å². The number of nitrogens with zero attached hydrogens (tertiary/aromatic N) is 1. The molecule has 0 aliphatic rings. The van der Waals surface area contributed by atoms with Crippen LogP contribution in [-0.2, 0) is 15.4 Å². The minimum absolute atomic E-state index is 0.233. The molecule has 0 aliphatic carbocycles. The van der Waals surface area contributed by atoms with E-state index in [9.17, 15) is 8.42 Å². The van der Waals surface area contributed by atoms with Gasteiger partial charge in [0.25, 0.3) is 0 Å². The molecule has 0 amide bonds. The molecule has 0 saturated heterocycles. The second kappa shape index (κ2) is 6.67. The van der Waals surface area contributed by atoms with E-state index in [1.807, 2.05) is 24.4 Å². The van der Waals surface area contributed by atoms with E-state index >= 15 is 0 Å². The highest BCUT2D eigenvalue weighted by Crippen LogP contribution is 2.43. The molecule has 0 atom stereocenters. The summed E-state index contributed by atoms with van der Waals surface area (Å²) >= 11 is 0. The highest BCUT2D eigenvalue weighted by molar-refractivity contribution is 7.92. The van der Waals surface area contributed by atoms with Crippen LogP contribution in [0.1, 0.15) is 37.8 Å². The summed E-state index contributed by atoms with van der Waals surface area (Å²) in [5.41, 5.74) is 5.01. The molecule has 6 nitrogen and oxygen atoms in total. The van der Waals surface area contributed by atoms with Gasteiger partial charge in [-0.15, -0.1) is 0 Å². The van der Waals surface area contributed by atoms with Gasteiger partial charge in [0, 0.05) is 17.0 Å². The van der Waals surface area contributed by atoms with Crippen LogP contribution in [0.3, 0.4) is 0 Å². The fourth-order valence-electron chi connectivity index (χ4n) is 4.18. The van der Waals surface area contributed by atoms with Crippen molar-refractivity contribution in [3.8, 4) is 0 Å². The molecule has 146 valence electrons. The number of aromatic amines is 1. The standard InChI is InChI=1S/C21H23N3O3S/c1-4-21(5-2,14-9-10-17-19(11-14)27-13-23-17)16-12-22-20-15(16)7-6-8-18(20)24-28(3,25)26/h6-13,22,24H,4-5H2,1-3H3. The van der Waals surface area contributed by atoms with Crippen LogP contribution < -0.4 is 4.72 Å². The van der Waals surface area contributed by atoms with Crippen molar-refractivity contribution in [1.29, 1.82) is 0 Å². The van der Waals surface area contributed by atoms with E-state index in [-0.39, 0.29) is 5.41 Å². The Kier molecular flexibility index (Phi) is 4.42. The Balaban J connectivity index is 1.93. The molecule has 2 aromatic carbocycles. The first-order valence-electron chi connectivity index (χ1n) is 9.30. The maximum atomic E-state index is 11.7. The summed E-state index contributed by atoms with van der Waals surface area (Å²) in [4.78, 5) is 7.51. The van der Waals surface area contributed by atoms with E-state index in [4.69, 9.17) is 4.42 Å². The van der Waals surface area contributed by atoms with E-state index < -0.39 is 10.0 Å². The lowest BCUT2D eigenvalue weighted by molar-refractivity contribution is 0.481. The van der Waals surface area contributed by atoms with Gasteiger partial charge >= 0.3 is 0 Å². The molecule has 7 heteroatoms. The summed E-state index contributed by atoms with van der Waals surface area (Å²) in [6.45, 7) is 4.34. The third-order valence-electron chi connectivity index (χ3n) is 5.62. The second-order valence-corrected chi connectivity index (χ2v) is 8.88. The van der Waals surface area contributed by atoms with Gasteiger partial charge in [0.05, 0.1) is 17.5 Å². The van der Waals surface area contributed by atoms with Crippen molar-refractivity contribution in [3.63, 3.8) is 0 Å². The largest absolute Gasteiger partial charge is 0.443 e. The molecule has 2 aromatic heterocycles. The van der Waals surface area contributed by atoms with E-state index in [0.29, 0.717) is 5.69 Å². The summed E-state index contributed by atoms with van der Waals surface area (Å²) in [5, 5.41) is 1.01. The van der Waals surface area contributed by atoms with Gasteiger partial charge in [-0.25, -0.2) is 13.4 Å². The summed E-state index contributed by atoms with van der Waals surface area (Å²) in [5.74, 6) is 0. The molecule has 0 fully saturated rings. The second-order valence-electron chi connectivity index (χ2n) is 7.13. The SMILES string of the molecule is CCC(CC)(c1ccc2ncoc2c1)c1c[nH]c2c(NS(C)(=O)=O)cccc12. The highest BCUT2D eigenvalue weighted by Gasteiger charge is 2.33. The maximum Gasteiger partial charge on any atom is 0.229 e. The number of benzene rings is 2. The van der Waals surface area contributed by atoms with Gasteiger partial charge in [0.15, 0.2) is 12.0 Å². The summed E-state index contributed by atoms with van der Waals surface area (Å²) in [7, 11) is -3.37. The first-order chi connectivity index (χ1) is 13.4. The van der Waals surface area contributed by atoms with Crippen molar-refractivity contribution < 1.29 is 12.8 Å². The van der Waals surface area contributed by atoms with Crippen LogP contribution in [0.25, 0.3) is 22.0 Å². The smallest absolute Gasteiger partial charge is 0.229 e. The molecule has 2 heterocycles. The zero-order chi connectivity index (χ0) is 19.9. The lowest BCUT2D eigenvalue weighted by Gasteiger charge is -2.32. The average Bonchev–Trinajstić information content (AvgIpc) is 3.30. The molecular weight excluding hydrogens is 374 g/mol. The molecule has 0 spiro atoms. The van der Waals surface area contributed by atoms with Crippen LogP contribution in [0.4, 0.5) is 5.69 Å². The number of para-hydroxylation sites is 1. The first kappa shape index (κ1) is 18.6. The summed E-state index contributed by atoms with van der Waals surface area (Å²) in [6.07, 6.45) is 6.39. The lowest BCUT2D eigenvalue weighted by Crippen LogP contribution is -2.25. The number of aromatic nitrogens is 2. The van der Waals surface area contributed by atoms with Crippen LogP contribution in [0.5, 0.6) is 0 Å². The predicted molar refractivity (Wildman–Crippen MR) is 112 cm³/mol. The van der Waals surface area contributed by atoms with E-state index in [0.717, 1.165) is 52.2 Å². The fraction of sp³-hybridized carbons (Fsp3) is 0.286. The normalized spacial score (nSPS) is 12.7. The lowest BCUT2D eigenvalue weighted by atomic mass is 9.70. The number of fused-ring (bicyclic) bond motifs is 2. The maximum absolute atomic E-state index is 11.7. The van der Waals surface area contributed by atoms with Crippen molar-refractivity contribution in [1.82, 2.24) is 9.97 Å². The zero-order valence-corrected chi connectivity index (χ0v) is 16.9. The Morgan fingerprint density at radius 1 is 1.18 bits per heavy atom.